The number of ether oxygens (including phenoxy) is 1. The molecule has 0 fully saturated rings. The minimum atomic E-state index is -0.238. The number of aromatic nitrogens is 2. The molecule has 33 heavy (non-hydrogen) atoms. The van der Waals surface area contributed by atoms with Crippen LogP contribution in [0.5, 0.6) is 5.75 Å². The highest BCUT2D eigenvalue weighted by Crippen LogP contribution is 2.25. The van der Waals surface area contributed by atoms with Crippen LogP contribution >= 0.6 is 23.4 Å². The number of para-hydroxylation sites is 2. The standard InChI is InChI=1S/C24H22ClN3O4S/c1-2-11-32-21-8-4-3-7-19(21)26-22(29)15-33-24-27-20-13-16(25)9-10-18(20)23(30)28(24)14-17-6-5-12-31-17/h3-10,12-13H,2,11,14-15H2,1H3,(H,26,29). The second-order valence-electron chi connectivity index (χ2n) is 7.21. The van der Waals surface area contributed by atoms with Crippen LogP contribution in [0.2, 0.25) is 5.02 Å². The lowest BCUT2D eigenvalue weighted by molar-refractivity contribution is -0.113. The third-order valence-corrected chi connectivity index (χ3v) is 5.94. The van der Waals surface area contributed by atoms with Crippen molar-refractivity contribution in [3.05, 3.63) is 82.0 Å². The molecule has 0 unspecified atom stereocenters. The summed E-state index contributed by atoms with van der Waals surface area (Å²) in [4.78, 5) is 30.5. The molecule has 1 amide bonds. The van der Waals surface area contributed by atoms with Crippen molar-refractivity contribution in [2.24, 2.45) is 0 Å². The number of anilines is 1. The molecule has 9 heteroatoms. The topological polar surface area (TPSA) is 86.4 Å². The summed E-state index contributed by atoms with van der Waals surface area (Å²) in [5, 5.41) is 4.20. The van der Waals surface area contributed by atoms with Crippen LogP contribution in [-0.2, 0) is 11.3 Å². The number of rotatable bonds is 9. The highest BCUT2D eigenvalue weighted by molar-refractivity contribution is 7.99. The van der Waals surface area contributed by atoms with E-state index in [-0.39, 0.29) is 23.8 Å². The summed E-state index contributed by atoms with van der Waals surface area (Å²) in [6.07, 6.45) is 2.41. The maximum atomic E-state index is 13.2. The van der Waals surface area contributed by atoms with Gasteiger partial charge in [0.25, 0.3) is 5.56 Å². The Balaban J connectivity index is 1.57. The molecule has 0 saturated heterocycles. The average Bonchev–Trinajstić information content (AvgIpc) is 3.32. The summed E-state index contributed by atoms with van der Waals surface area (Å²) in [5.74, 6) is 1.04. The van der Waals surface area contributed by atoms with E-state index in [1.54, 1.807) is 42.7 Å². The van der Waals surface area contributed by atoms with Crippen LogP contribution in [0, 0.1) is 0 Å². The number of amides is 1. The highest BCUT2D eigenvalue weighted by Gasteiger charge is 2.16. The van der Waals surface area contributed by atoms with Gasteiger partial charge in [-0.1, -0.05) is 42.4 Å². The summed E-state index contributed by atoms with van der Waals surface area (Å²) in [6, 6.07) is 15.8. The van der Waals surface area contributed by atoms with E-state index >= 15 is 0 Å². The molecule has 4 rings (SSSR count). The zero-order valence-electron chi connectivity index (χ0n) is 17.9. The van der Waals surface area contributed by atoms with Gasteiger partial charge in [0.05, 0.1) is 41.8 Å². The number of carbonyl (C=O) groups is 1. The van der Waals surface area contributed by atoms with E-state index in [9.17, 15) is 9.59 Å². The molecule has 0 aliphatic heterocycles. The predicted molar refractivity (Wildman–Crippen MR) is 130 cm³/mol. The van der Waals surface area contributed by atoms with Gasteiger partial charge in [-0.3, -0.25) is 14.2 Å². The monoisotopic (exact) mass is 483 g/mol. The molecule has 0 bridgehead atoms. The summed E-state index contributed by atoms with van der Waals surface area (Å²) >= 11 is 7.27. The first-order chi connectivity index (χ1) is 16.0. The Morgan fingerprint density at radius 1 is 1.21 bits per heavy atom. The van der Waals surface area contributed by atoms with Crippen LogP contribution in [0.25, 0.3) is 10.9 Å². The maximum Gasteiger partial charge on any atom is 0.262 e. The number of benzene rings is 2. The molecule has 2 aromatic carbocycles. The molecule has 4 aromatic rings. The number of nitrogens with one attached hydrogen (secondary N) is 1. The molecule has 2 aromatic heterocycles. The van der Waals surface area contributed by atoms with E-state index in [2.05, 4.69) is 10.3 Å². The van der Waals surface area contributed by atoms with Crippen molar-refractivity contribution in [1.29, 1.82) is 0 Å². The van der Waals surface area contributed by atoms with Crippen molar-refractivity contribution in [3.8, 4) is 5.75 Å². The predicted octanol–water partition coefficient (Wildman–Crippen LogP) is 5.21. The van der Waals surface area contributed by atoms with E-state index in [0.29, 0.717) is 44.9 Å². The van der Waals surface area contributed by atoms with Crippen molar-refractivity contribution in [1.82, 2.24) is 9.55 Å². The third kappa shape index (κ3) is 5.58. The summed E-state index contributed by atoms with van der Waals surface area (Å²) in [6.45, 7) is 2.78. The lowest BCUT2D eigenvalue weighted by Gasteiger charge is -2.13. The van der Waals surface area contributed by atoms with Gasteiger partial charge in [0, 0.05) is 5.02 Å². The SMILES string of the molecule is CCCOc1ccccc1NC(=O)CSc1nc2cc(Cl)ccc2c(=O)n1Cc1ccco1. The second-order valence-corrected chi connectivity index (χ2v) is 8.59. The van der Waals surface area contributed by atoms with E-state index < -0.39 is 0 Å². The Bertz CT molecular complexity index is 1320. The molecule has 0 aliphatic carbocycles. The van der Waals surface area contributed by atoms with Crippen LogP contribution in [0.3, 0.4) is 0 Å². The molecule has 0 aliphatic rings. The Morgan fingerprint density at radius 3 is 2.85 bits per heavy atom. The summed E-state index contributed by atoms with van der Waals surface area (Å²) in [5.41, 5.74) is 0.849. The Labute approximate surface area is 199 Å². The van der Waals surface area contributed by atoms with Crippen molar-refractivity contribution < 1.29 is 13.9 Å². The maximum absolute atomic E-state index is 13.2. The first kappa shape index (κ1) is 22.9. The molecule has 0 radical (unpaired) electrons. The van der Waals surface area contributed by atoms with Crippen LogP contribution in [-0.4, -0.2) is 27.8 Å². The minimum absolute atomic E-state index is 0.0543. The van der Waals surface area contributed by atoms with E-state index in [1.165, 1.54) is 16.3 Å². The number of halogens is 1. The van der Waals surface area contributed by atoms with Gasteiger partial charge in [-0.05, 0) is 48.9 Å². The van der Waals surface area contributed by atoms with E-state index in [1.807, 2.05) is 25.1 Å². The van der Waals surface area contributed by atoms with Gasteiger partial charge in [-0.25, -0.2) is 4.98 Å². The molecule has 7 nitrogen and oxygen atoms in total. The molecule has 0 saturated carbocycles. The number of carbonyl (C=O) groups excluding carboxylic acids is 1. The van der Waals surface area contributed by atoms with Crippen molar-refractivity contribution in [2.45, 2.75) is 25.0 Å². The Kier molecular flexibility index (Phi) is 7.36. The van der Waals surface area contributed by atoms with Crippen molar-refractivity contribution in [2.75, 3.05) is 17.7 Å². The molecular formula is C24H22ClN3O4S. The molecular weight excluding hydrogens is 462 g/mol. The van der Waals surface area contributed by atoms with E-state index in [4.69, 9.17) is 20.8 Å². The molecule has 2 heterocycles. The number of thioether (sulfide) groups is 1. The zero-order chi connectivity index (χ0) is 23.2. The first-order valence-corrected chi connectivity index (χ1v) is 11.8. The number of fused-ring (bicyclic) bond motifs is 1. The Hall–Kier alpha value is -3.23. The fraction of sp³-hybridized carbons (Fsp3) is 0.208. The lowest BCUT2D eigenvalue weighted by atomic mass is 10.2. The van der Waals surface area contributed by atoms with Gasteiger partial charge in [-0.15, -0.1) is 0 Å². The average molecular weight is 484 g/mol. The van der Waals surface area contributed by atoms with Gasteiger partial charge in [-0.2, -0.15) is 0 Å². The molecule has 170 valence electrons. The number of furan rings is 1. The first-order valence-electron chi connectivity index (χ1n) is 10.4. The lowest BCUT2D eigenvalue weighted by Crippen LogP contribution is -2.24. The van der Waals surface area contributed by atoms with Gasteiger partial charge in [0.1, 0.15) is 11.5 Å². The smallest absolute Gasteiger partial charge is 0.262 e. The number of hydrogen-bond donors (Lipinski definition) is 1. The van der Waals surface area contributed by atoms with Crippen LogP contribution in [0.15, 0.2) is 75.2 Å². The van der Waals surface area contributed by atoms with Crippen molar-refractivity contribution in [3.63, 3.8) is 0 Å². The number of hydrogen-bond acceptors (Lipinski definition) is 6. The fourth-order valence-corrected chi connectivity index (χ4v) is 4.17. The fourth-order valence-electron chi connectivity index (χ4n) is 3.21. The van der Waals surface area contributed by atoms with Gasteiger partial charge in [0.2, 0.25) is 5.91 Å². The van der Waals surface area contributed by atoms with Gasteiger partial charge < -0.3 is 14.5 Å². The quantitative estimate of drug-likeness (QED) is 0.260. The highest BCUT2D eigenvalue weighted by atomic mass is 35.5. The third-order valence-electron chi connectivity index (χ3n) is 4.73. The molecule has 0 atom stereocenters. The Morgan fingerprint density at radius 2 is 2.06 bits per heavy atom. The van der Waals surface area contributed by atoms with Gasteiger partial charge in [0.15, 0.2) is 5.16 Å². The summed E-state index contributed by atoms with van der Waals surface area (Å²) in [7, 11) is 0. The van der Waals surface area contributed by atoms with Gasteiger partial charge >= 0.3 is 0 Å². The zero-order valence-corrected chi connectivity index (χ0v) is 19.5. The van der Waals surface area contributed by atoms with Crippen LogP contribution in [0.1, 0.15) is 19.1 Å². The normalized spacial score (nSPS) is 11.0. The largest absolute Gasteiger partial charge is 0.491 e. The molecule has 0 spiro atoms. The minimum Gasteiger partial charge on any atom is -0.491 e. The van der Waals surface area contributed by atoms with Crippen LogP contribution < -0.4 is 15.6 Å². The number of nitrogens with zero attached hydrogens (tertiary/aromatic N) is 2. The second kappa shape index (κ2) is 10.6. The summed E-state index contributed by atoms with van der Waals surface area (Å²) < 4.78 is 12.6. The van der Waals surface area contributed by atoms with Crippen molar-refractivity contribution >= 4 is 45.9 Å². The molecule has 1 N–H and O–H groups in total. The van der Waals surface area contributed by atoms with Crippen LogP contribution in [0.4, 0.5) is 5.69 Å². The van der Waals surface area contributed by atoms with E-state index in [0.717, 1.165) is 6.42 Å².